The summed E-state index contributed by atoms with van der Waals surface area (Å²) in [6.45, 7) is 3.67. The van der Waals surface area contributed by atoms with Crippen LogP contribution in [0.1, 0.15) is 18.4 Å². The summed E-state index contributed by atoms with van der Waals surface area (Å²) in [6, 6.07) is 12.5. The average molecular weight is 512 g/mol. The molecule has 1 atom stereocenters. The standard InChI is InChI=1S/C23H27Cl2N3O4S/c24-19-4-3-18(22(25)14-19)16-33(30,31)28-9-1-2-17(15-28)23(29)26-20-5-7-21(8-6-20)27-10-12-32-13-11-27/h3-8,14,17H,1-2,9-13,15-16H2,(H,26,29). The Bertz CT molecular complexity index is 1090. The molecule has 0 aliphatic carbocycles. The molecule has 2 saturated heterocycles. The van der Waals surface area contributed by atoms with E-state index in [0.29, 0.717) is 53.9 Å². The number of nitrogens with one attached hydrogen (secondary N) is 1. The Balaban J connectivity index is 1.36. The highest BCUT2D eigenvalue weighted by Gasteiger charge is 2.32. The first kappa shape index (κ1) is 24.3. The largest absolute Gasteiger partial charge is 0.378 e. The number of ether oxygens (including phenoxy) is 1. The predicted molar refractivity (Wildman–Crippen MR) is 131 cm³/mol. The molecule has 4 rings (SSSR count). The SMILES string of the molecule is O=C(Nc1ccc(N2CCOCC2)cc1)C1CCCN(S(=O)(=O)Cc2ccc(Cl)cc2Cl)C1. The Morgan fingerprint density at radius 2 is 1.79 bits per heavy atom. The van der Waals surface area contributed by atoms with Gasteiger partial charge in [0.1, 0.15) is 0 Å². The number of piperidine rings is 1. The number of halogens is 2. The fourth-order valence-corrected chi connectivity index (χ4v) is 6.35. The van der Waals surface area contributed by atoms with E-state index in [9.17, 15) is 13.2 Å². The van der Waals surface area contributed by atoms with Crippen LogP contribution in [0, 0.1) is 5.92 Å². The molecule has 2 aliphatic heterocycles. The lowest BCUT2D eigenvalue weighted by molar-refractivity contribution is -0.120. The predicted octanol–water partition coefficient (Wildman–Crippen LogP) is 4.01. The Kier molecular flexibility index (Phi) is 7.81. The molecular weight excluding hydrogens is 485 g/mol. The lowest BCUT2D eigenvalue weighted by Gasteiger charge is -2.31. The van der Waals surface area contributed by atoms with Gasteiger partial charge in [-0.3, -0.25) is 4.79 Å². The fourth-order valence-electron chi connectivity index (χ4n) is 4.16. The second kappa shape index (κ2) is 10.6. The smallest absolute Gasteiger partial charge is 0.228 e. The van der Waals surface area contributed by atoms with Crippen molar-refractivity contribution in [3.63, 3.8) is 0 Å². The molecule has 2 aliphatic rings. The van der Waals surface area contributed by atoms with Crippen LogP contribution in [-0.4, -0.2) is 58.0 Å². The molecule has 178 valence electrons. The molecule has 1 unspecified atom stereocenters. The van der Waals surface area contributed by atoms with Gasteiger partial charge in [0.2, 0.25) is 15.9 Å². The van der Waals surface area contributed by atoms with Gasteiger partial charge in [-0.25, -0.2) is 12.7 Å². The number of carbonyl (C=O) groups is 1. The highest BCUT2D eigenvalue weighted by Crippen LogP contribution is 2.27. The third-order valence-corrected chi connectivity index (χ3v) is 8.39. The van der Waals surface area contributed by atoms with E-state index in [1.165, 1.54) is 10.4 Å². The fraction of sp³-hybridized carbons (Fsp3) is 0.435. The van der Waals surface area contributed by atoms with Crippen molar-refractivity contribution in [2.75, 3.05) is 49.6 Å². The first-order valence-corrected chi connectivity index (χ1v) is 13.3. The van der Waals surface area contributed by atoms with Crippen molar-refractivity contribution in [1.29, 1.82) is 0 Å². The van der Waals surface area contributed by atoms with E-state index < -0.39 is 15.9 Å². The van der Waals surface area contributed by atoms with Crippen molar-refractivity contribution >= 4 is 50.5 Å². The van der Waals surface area contributed by atoms with Crippen molar-refractivity contribution in [3.05, 3.63) is 58.1 Å². The zero-order chi connectivity index (χ0) is 23.4. The molecule has 2 aromatic rings. The van der Waals surface area contributed by atoms with Crippen LogP contribution in [-0.2, 0) is 25.3 Å². The maximum absolute atomic E-state index is 13.0. The third kappa shape index (κ3) is 6.19. The second-order valence-corrected chi connectivity index (χ2v) is 11.1. The Morgan fingerprint density at radius 3 is 2.48 bits per heavy atom. The van der Waals surface area contributed by atoms with Crippen LogP contribution in [0.15, 0.2) is 42.5 Å². The zero-order valence-electron chi connectivity index (χ0n) is 18.2. The average Bonchev–Trinajstić information content (AvgIpc) is 2.82. The van der Waals surface area contributed by atoms with Gasteiger partial charge in [-0.15, -0.1) is 0 Å². The molecule has 7 nitrogen and oxygen atoms in total. The molecule has 33 heavy (non-hydrogen) atoms. The maximum atomic E-state index is 13.0. The number of hydrogen-bond acceptors (Lipinski definition) is 5. The summed E-state index contributed by atoms with van der Waals surface area (Å²) in [5.41, 5.74) is 2.28. The summed E-state index contributed by atoms with van der Waals surface area (Å²) in [5, 5.41) is 3.71. The minimum Gasteiger partial charge on any atom is -0.378 e. The molecule has 0 aromatic heterocycles. The topological polar surface area (TPSA) is 79.0 Å². The lowest BCUT2D eigenvalue weighted by Crippen LogP contribution is -2.44. The molecule has 2 fully saturated rings. The molecule has 1 amide bonds. The van der Waals surface area contributed by atoms with Crippen LogP contribution in [0.25, 0.3) is 0 Å². The van der Waals surface area contributed by atoms with E-state index in [4.69, 9.17) is 27.9 Å². The molecule has 0 radical (unpaired) electrons. The summed E-state index contributed by atoms with van der Waals surface area (Å²) in [6.07, 6.45) is 1.27. The molecule has 1 N–H and O–H groups in total. The number of rotatable bonds is 6. The van der Waals surface area contributed by atoms with E-state index in [1.54, 1.807) is 12.1 Å². The molecule has 0 spiro atoms. The first-order chi connectivity index (χ1) is 15.8. The Labute approximate surface area is 204 Å². The van der Waals surface area contributed by atoms with Gasteiger partial charge in [-0.05, 0) is 54.8 Å². The van der Waals surface area contributed by atoms with E-state index in [1.807, 2.05) is 24.3 Å². The summed E-state index contributed by atoms with van der Waals surface area (Å²) < 4.78 is 32.8. The number of anilines is 2. The van der Waals surface area contributed by atoms with Crippen LogP contribution in [0.2, 0.25) is 10.0 Å². The number of benzene rings is 2. The van der Waals surface area contributed by atoms with E-state index >= 15 is 0 Å². The van der Waals surface area contributed by atoms with Gasteiger partial charge in [0.15, 0.2) is 0 Å². The van der Waals surface area contributed by atoms with Crippen molar-refractivity contribution in [2.45, 2.75) is 18.6 Å². The van der Waals surface area contributed by atoms with E-state index in [0.717, 1.165) is 18.8 Å². The number of sulfonamides is 1. The minimum absolute atomic E-state index is 0.158. The Hall–Kier alpha value is -1.84. The summed E-state index contributed by atoms with van der Waals surface area (Å²) >= 11 is 12.1. The quantitative estimate of drug-likeness (QED) is 0.633. The summed E-state index contributed by atoms with van der Waals surface area (Å²) in [5.74, 6) is -0.799. The van der Waals surface area contributed by atoms with E-state index in [2.05, 4.69) is 10.2 Å². The van der Waals surface area contributed by atoms with Crippen molar-refractivity contribution < 1.29 is 17.9 Å². The van der Waals surface area contributed by atoms with Crippen LogP contribution in [0.4, 0.5) is 11.4 Å². The zero-order valence-corrected chi connectivity index (χ0v) is 20.5. The van der Waals surface area contributed by atoms with Gasteiger partial charge < -0.3 is 15.0 Å². The van der Waals surface area contributed by atoms with Crippen molar-refractivity contribution in [2.24, 2.45) is 5.92 Å². The summed E-state index contributed by atoms with van der Waals surface area (Å²) in [4.78, 5) is 15.1. The maximum Gasteiger partial charge on any atom is 0.228 e. The number of hydrogen-bond donors (Lipinski definition) is 1. The van der Waals surface area contributed by atoms with Gasteiger partial charge in [0.25, 0.3) is 0 Å². The van der Waals surface area contributed by atoms with Gasteiger partial charge in [0.05, 0.1) is 24.9 Å². The first-order valence-electron chi connectivity index (χ1n) is 11.0. The number of carbonyl (C=O) groups excluding carboxylic acids is 1. The van der Waals surface area contributed by atoms with Crippen LogP contribution in [0.3, 0.4) is 0 Å². The van der Waals surface area contributed by atoms with Gasteiger partial charge in [-0.1, -0.05) is 29.3 Å². The number of morpholine rings is 1. The molecule has 0 bridgehead atoms. The third-order valence-electron chi connectivity index (χ3n) is 6.01. The van der Waals surface area contributed by atoms with Gasteiger partial charge in [0, 0.05) is 47.6 Å². The van der Waals surface area contributed by atoms with Gasteiger partial charge >= 0.3 is 0 Å². The lowest BCUT2D eigenvalue weighted by atomic mass is 9.98. The van der Waals surface area contributed by atoms with Crippen LogP contribution in [0.5, 0.6) is 0 Å². The van der Waals surface area contributed by atoms with Crippen molar-refractivity contribution in [3.8, 4) is 0 Å². The van der Waals surface area contributed by atoms with Crippen molar-refractivity contribution in [1.82, 2.24) is 4.31 Å². The highest BCUT2D eigenvalue weighted by atomic mass is 35.5. The van der Waals surface area contributed by atoms with Crippen LogP contribution >= 0.6 is 23.2 Å². The molecule has 2 heterocycles. The second-order valence-electron chi connectivity index (χ2n) is 8.32. The Morgan fingerprint density at radius 1 is 1.06 bits per heavy atom. The molecular formula is C23H27Cl2N3O4S. The number of nitrogens with zero attached hydrogens (tertiary/aromatic N) is 2. The van der Waals surface area contributed by atoms with Crippen LogP contribution < -0.4 is 10.2 Å². The summed E-state index contributed by atoms with van der Waals surface area (Å²) in [7, 11) is -3.62. The number of amides is 1. The highest BCUT2D eigenvalue weighted by molar-refractivity contribution is 7.88. The van der Waals surface area contributed by atoms with Gasteiger partial charge in [-0.2, -0.15) is 0 Å². The van der Waals surface area contributed by atoms with E-state index in [-0.39, 0.29) is 18.2 Å². The molecule has 0 saturated carbocycles. The normalized spacial score (nSPS) is 19.9. The molecule has 2 aromatic carbocycles. The monoisotopic (exact) mass is 511 g/mol. The minimum atomic E-state index is -3.62. The molecule has 10 heteroatoms.